The molecule has 2 heterocycles. The minimum absolute atomic E-state index is 0.230. The summed E-state index contributed by atoms with van der Waals surface area (Å²) in [6.07, 6.45) is 3.22. The van der Waals surface area contributed by atoms with Gasteiger partial charge in [0.15, 0.2) is 5.15 Å². The fourth-order valence-electron chi connectivity index (χ4n) is 1.51. The third kappa shape index (κ3) is 2.65. The molecule has 0 aliphatic heterocycles. The molecule has 2 aromatic rings. The van der Waals surface area contributed by atoms with E-state index in [1.807, 2.05) is 0 Å². The van der Waals surface area contributed by atoms with Gasteiger partial charge in [-0.25, -0.2) is 4.98 Å². The zero-order valence-electron chi connectivity index (χ0n) is 9.45. The lowest BCUT2D eigenvalue weighted by Gasteiger charge is -2.07. The molecule has 0 saturated carbocycles. The number of rotatable bonds is 2. The van der Waals surface area contributed by atoms with Crippen LogP contribution in [0.5, 0.6) is 0 Å². The minimum atomic E-state index is -0.295. The number of nitrogens with one attached hydrogen (secondary N) is 1. The monoisotopic (exact) mass is 328 g/mol. The average molecular weight is 330 g/mol. The maximum Gasteiger partial charge on any atom is 0.272 e. The van der Waals surface area contributed by atoms with Gasteiger partial charge >= 0.3 is 0 Å². The predicted molar refractivity (Wildman–Crippen MR) is 74.7 cm³/mol. The molecule has 2 aromatic heterocycles. The first-order valence-corrected chi connectivity index (χ1v) is 6.18. The van der Waals surface area contributed by atoms with E-state index in [0.717, 1.165) is 4.47 Å². The van der Waals surface area contributed by atoms with Crippen molar-refractivity contribution in [3.05, 3.63) is 39.8 Å². The van der Waals surface area contributed by atoms with Gasteiger partial charge in [-0.05, 0) is 28.1 Å². The summed E-state index contributed by atoms with van der Waals surface area (Å²) in [4.78, 5) is 15.9. The summed E-state index contributed by atoms with van der Waals surface area (Å²) in [5, 5.41) is 2.91. The molecule has 18 heavy (non-hydrogen) atoms. The molecule has 0 aliphatic rings. The average Bonchev–Trinajstić information content (AvgIpc) is 2.63. The fraction of sp³-hybridized carbons (Fsp3) is 0.0909. The van der Waals surface area contributed by atoms with Gasteiger partial charge in [-0.3, -0.25) is 4.79 Å². The highest BCUT2D eigenvalue weighted by molar-refractivity contribution is 9.10. The highest BCUT2D eigenvalue weighted by Crippen LogP contribution is 2.23. The molecule has 94 valence electrons. The summed E-state index contributed by atoms with van der Waals surface area (Å²) in [5.74, 6) is -0.295. The van der Waals surface area contributed by atoms with E-state index < -0.39 is 0 Å². The molecule has 5 nitrogen and oxygen atoms in total. The second-order valence-electron chi connectivity index (χ2n) is 3.72. The van der Waals surface area contributed by atoms with Crippen LogP contribution in [-0.2, 0) is 7.05 Å². The van der Waals surface area contributed by atoms with E-state index in [9.17, 15) is 4.79 Å². The van der Waals surface area contributed by atoms with Crippen molar-refractivity contribution in [2.45, 2.75) is 0 Å². The Hall–Kier alpha value is -1.53. The highest BCUT2D eigenvalue weighted by Gasteiger charge is 2.13. The molecule has 0 fully saturated rings. The maximum absolute atomic E-state index is 12.0. The maximum atomic E-state index is 12.0. The van der Waals surface area contributed by atoms with Crippen molar-refractivity contribution < 1.29 is 4.79 Å². The lowest BCUT2D eigenvalue weighted by molar-refractivity contribution is 0.101. The zero-order valence-corrected chi connectivity index (χ0v) is 11.8. The summed E-state index contributed by atoms with van der Waals surface area (Å²) in [7, 11) is 1.74. The number of anilines is 2. The van der Waals surface area contributed by atoms with Crippen LogP contribution in [0.15, 0.2) is 29.0 Å². The number of amides is 1. The van der Waals surface area contributed by atoms with E-state index in [0.29, 0.717) is 17.1 Å². The van der Waals surface area contributed by atoms with Gasteiger partial charge in [0, 0.05) is 23.9 Å². The summed E-state index contributed by atoms with van der Waals surface area (Å²) in [6, 6.07) is 3.27. The molecular weight excluding hydrogens is 320 g/mol. The van der Waals surface area contributed by atoms with Crippen LogP contribution >= 0.6 is 27.5 Å². The number of aromatic nitrogens is 2. The van der Waals surface area contributed by atoms with Crippen molar-refractivity contribution in [3.63, 3.8) is 0 Å². The van der Waals surface area contributed by atoms with E-state index in [1.54, 1.807) is 36.1 Å². The molecule has 0 aromatic carbocycles. The van der Waals surface area contributed by atoms with E-state index in [1.165, 1.54) is 0 Å². The molecule has 0 aliphatic carbocycles. The first kappa shape index (κ1) is 12.9. The van der Waals surface area contributed by atoms with Crippen molar-refractivity contribution in [2.24, 2.45) is 7.05 Å². The molecule has 0 radical (unpaired) electrons. The lowest BCUT2D eigenvalue weighted by atomic mass is 10.3. The van der Waals surface area contributed by atoms with Crippen LogP contribution in [0.1, 0.15) is 10.5 Å². The Labute approximate surface area is 117 Å². The molecule has 0 atom stereocenters. The van der Waals surface area contributed by atoms with Gasteiger partial charge in [0.05, 0.1) is 11.4 Å². The van der Waals surface area contributed by atoms with Crippen LogP contribution < -0.4 is 11.1 Å². The van der Waals surface area contributed by atoms with Crippen LogP contribution in [0.3, 0.4) is 0 Å². The van der Waals surface area contributed by atoms with Crippen LogP contribution in [0.2, 0.25) is 5.15 Å². The first-order chi connectivity index (χ1) is 8.47. The quantitative estimate of drug-likeness (QED) is 0.832. The third-order valence-electron chi connectivity index (χ3n) is 2.31. The fourth-order valence-corrected chi connectivity index (χ4v) is 1.99. The SMILES string of the molecule is Cn1cc(N)cc1C(=O)Nc1cc(Br)cnc1Cl. The number of pyridine rings is 1. The Kier molecular flexibility index (Phi) is 3.58. The largest absolute Gasteiger partial charge is 0.397 e. The Morgan fingerprint density at radius 1 is 1.56 bits per heavy atom. The van der Waals surface area contributed by atoms with Crippen LogP contribution in [-0.4, -0.2) is 15.5 Å². The lowest BCUT2D eigenvalue weighted by Crippen LogP contribution is -2.15. The molecule has 2 rings (SSSR count). The molecule has 0 spiro atoms. The Balaban J connectivity index is 2.26. The summed E-state index contributed by atoms with van der Waals surface area (Å²) >= 11 is 9.16. The van der Waals surface area contributed by atoms with Crippen molar-refractivity contribution in [3.8, 4) is 0 Å². The summed E-state index contributed by atoms with van der Waals surface area (Å²) < 4.78 is 2.37. The number of aryl methyl sites for hydroxylation is 1. The molecule has 0 bridgehead atoms. The molecule has 7 heteroatoms. The van der Waals surface area contributed by atoms with Gasteiger partial charge in [-0.2, -0.15) is 0 Å². The van der Waals surface area contributed by atoms with Crippen LogP contribution in [0.4, 0.5) is 11.4 Å². The second kappa shape index (κ2) is 4.99. The van der Waals surface area contributed by atoms with Crippen LogP contribution in [0.25, 0.3) is 0 Å². The molecule has 3 N–H and O–H groups in total. The smallest absolute Gasteiger partial charge is 0.272 e. The van der Waals surface area contributed by atoms with Gasteiger partial charge in [-0.1, -0.05) is 11.6 Å². The van der Waals surface area contributed by atoms with Gasteiger partial charge in [0.1, 0.15) is 5.69 Å². The van der Waals surface area contributed by atoms with Gasteiger partial charge < -0.3 is 15.6 Å². The first-order valence-electron chi connectivity index (χ1n) is 5.01. The normalized spacial score (nSPS) is 10.4. The highest BCUT2D eigenvalue weighted by atomic mass is 79.9. The van der Waals surface area contributed by atoms with Crippen molar-refractivity contribution >= 4 is 44.8 Å². The number of nitrogen functional groups attached to an aromatic ring is 1. The Bertz CT molecular complexity index is 611. The zero-order chi connectivity index (χ0) is 13.3. The van der Waals surface area contributed by atoms with E-state index in [-0.39, 0.29) is 11.1 Å². The van der Waals surface area contributed by atoms with Crippen molar-refractivity contribution in [1.29, 1.82) is 0 Å². The number of nitrogens with zero attached hydrogens (tertiary/aromatic N) is 2. The summed E-state index contributed by atoms with van der Waals surface area (Å²) in [6.45, 7) is 0. The number of hydrogen-bond donors (Lipinski definition) is 2. The van der Waals surface area contributed by atoms with Gasteiger partial charge in [0.25, 0.3) is 5.91 Å². The standard InChI is InChI=1S/C11H10BrClN4O/c1-17-5-7(14)3-9(17)11(18)16-8-2-6(12)4-15-10(8)13/h2-5H,14H2,1H3,(H,16,18). The number of halogens is 2. The number of hydrogen-bond acceptors (Lipinski definition) is 3. The minimum Gasteiger partial charge on any atom is -0.397 e. The summed E-state index contributed by atoms with van der Waals surface area (Å²) in [5.41, 5.74) is 7.03. The van der Waals surface area contributed by atoms with Gasteiger partial charge in [-0.15, -0.1) is 0 Å². The van der Waals surface area contributed by atoms with E-state index in [4.69, 9.17) is 17.3 Å². The number of carbonyl (C=O) groups excluding carboxylic acids is 1. The number of nitrogens with two attached hydrogens (primary N) is 1. The Morgan fingerprint density at radius 3 is 2.89 bits per heavy atom. The van der Waals surface area contributed by atoms with E-state index >= 15 is 0 Å². The molecule has 0 saturated heterocycles. The topological polar surface area (TPSA) is 72.9 Å². The Morgan fingerprint density at radius 2 is 2.28 bits per heavy atom. The molecule has 1 amide bonds. The van der Waals surface area contributed by atoms with Gasteiger partial charge in [0.2, 0.25) is 0 Å². The molecule has 0 unspecified atom stereocenters. The second-order valence-corrected chi connectivity index (χ2v) is 4.99. The third-order valence-corrected chi connectivity index (χ3v) is 3.05. The van der Waals surface area contributed by atoms with Crippen molar-refractivity contribution in [2.75, 3.05) is 11.1 Å². The van der Waals surface area contributed by atoms with Crippen LogP contribution in [0, 0.1) is 0 Å². The predicted octanol–water partition coefficient (Wildman–Crippen LogP) is 2.67. The molecular formula is C11H10BrClN4O. The number of carbonyl (C=O) groups is 1. The van der Waals surface area contributed by atoms with E-state index in [2.05, 4.69) is 26.2 Å². The van der Waals surface area contributed by atoms with Crippen molar-refractivity contribution in [1.82, 2.24) is 9.55 Å².